The number of imide groups is 1. The molecule has 2 amide bonds. The van der Waals surface area contributed by atoms with Crippen LogP contribution in [0.4, 0.5) is 5.69 Å². The highest BCUT2D eigenvalue weighted by Gasteiger charge is 2.39. The summed E-state index contributed by atoms with van der Waals surface area (Å²) in [6, 6.07) is 5.81. The molecule has 1 atom stereocenters. The molecule has 6 nitrogen and oxygen atoms in total. The second-order valence-corrected chi connectivity index (χ2v) is 5.59. The Morgan fingerprint density at radius 3 is 2.85 bits per heavy atom. The Balaban J connectivity index is 2.24. The Morgan fingerprint density at radius 2 is 2.20 bits per heavy atom. The second kappa shape index (κ2) is 6.06. The first-order chi connectivity index (χ1) is 9.54. The first-order valence-corrected chi connectivity index (χ1v) is 7.11. The molecule has 7 heteroatoms. The number of benzene rings is 1. The molecule has 0 aliphatic carbocycles. The summed E-state index contributed by atoms with van der Waals surface area (Å²) in [7, 11) is 0. The van der Waals surface area contributed by atoms with E-state index in [0.29, 0.717) is 18.0 Å². The first-order valence-electron chi connectivity index (χ1n) is 6.06. The van der Waals surface area contributed by atoms with Gasteiger partial charge >= 0.3 is 5.97 Å². The van der Waals surface area contributed by atoms with Gasteiger partial charge in [-0.05, 0) is 18.2 Å². The number of nitrogens with zero attached hydrogens (tertiary/aromatic N) is 1. The van der Waals surface area contributed by atoms with Crippen LogP contribution in [0.5, 0.6) is 0 Å². The van der Waals surface area contributed by atoms with Crippen LogP contribution >= 0.6 is 11.8 Å². The summed E-state index contributed by atoms with van der Waals surface area (Å²) in [4.78, 5) is 36.1. The lowest BCUT2D eigenvalue weighted by atomic mass is 10.2. The Morgan fingerprint density at radius 1 is 1.45 bits per heavy atom. The number of nitrogens with two attached hydrogens (primary N) is 1. The van der Waals surface area contributed by atoms with Crippen LogP contribution in [0.1, 0.15) is 16.8 Å². The maximum Gasteiger partial charge on any atom is 0.335 e. The third kappa shape index (κ3) is 2.83. The number of hydrogen-bond donors (Lipinski definition) is 2. The Bertz CT molecular complexity index is 561. The number of hydrogen-bond acceptors (Lipinski definition) is 5. The molecule has 2 rings (SSSR count). The minimum Gasteiger partial charge on any atom is -0.478 e. The van der Waals surface area contributed by atoms with Crippen molar-refractivity contribution in [1.29, 1.82) is 0 Å². The van der Waals surface area contributed by atoms with Crippen LogP contribution in [0, 0.1) is 0 Å². The zero-order chi connectivity index (χ0) is 14.7. The van der Waals surface area contributed by atoms with Gasteiger partial charge in [0.2, 0.25) is 11.8 Å². The van der Waals surface area contributed by atoms with E-state index in [4.69, 9.17) is 10.8 Å². The van der Waals surface area contributed by atoms with Gasteiger partial charge in [-0.25, -0.2) is 9.69 Å². The fraction of sp³-hybridized carbons (Fsp3) is 0.308. The fourth-order valence-corrected chi connectivity index (χ4v) is 2.92. The lowest BCUT2D eigenvalue weighted by Crippen LogP contribution is -2.31. The number of carbonyl (C=O) groups excluding carboxylic acids is 2. The average molecular weight is 294 g/mol. The van der Waals surface area contributed by atoms with Crippen LogP contribution in [-0.4, -0.2) is 40.4 Å². The zero-order valence-corrected chi connectivity index (χ0v) is 11.4. The molecule has 1 aromatic rings. The monoisotopic (exact) mass is 294 g/mol. The van der Waals surface area contributed by atoms with Crippen molar-refractivity contribution in [2.45, 2.75) is 11.7 Å². The summed E-state index contributed by atoms with van der Waals surface area (Å²) < 4.78 is 0. The van der Waals surface area contributed by atoms with Gasteiger partial charge in [0, 0.05) is 18.7 Å². The topological polar surface area (TPSA) is 101 Å². The molecule has 0 saturated carbocycles. The van der Waals surface area contributed by atoms with Crippen LogP contribution in [0.3, 0.4) is 0 Å². The number of carboxylic acid groups (broad SMARTS) is 1. The van der Waals surface area contributed by atoms with Crippen molar-refractivity contribution in [2.24, 2.45) is 5.73 Å². The van der Waals surface area contributed by atoms with Crippen LogP contribution in [0.15, 0.2) is 24.3 Å². The molecule has 0 spiro atoms. The molecule has 0 aromatic heterocycles. The van der Waals surface area contributed by atoms with E-state index in [9.17, 15) is 14.4 Å². The summed E-state index contributed by atoms with van der Waals surface area (Å²) in [6.07, 6.45) is 0.126. The molecular weight excluding hydrogens is 280 g/mol. The van der Waals surface area contributed by atoms with Gasteiger partial charge in [0.25, 0.3) is 0 Å². The number of carbonyl (C=O) groups is 3. The van der Waals surface area contributed by atoms with E-state index in [-0.39, 0.29) is 23.8 Å². The van der Waals surface area contributed by atoms with E-state index in [1.807, 2.05) is 0 Å². The van der Waals surface area contributed by atoms with Crippen molar-refractivity contribution in [3.63, 3.8) is 0 Å². The number of thioether (sulfide) groups is 1. The maximum atomic E-state index is 12.2. The second-order valence-electron chi connectivity index (χ2n) is 4.28. The molecule has 0 radical (unpaired) electrons. The van der Waals surface area contributed by atoms with E-state index in [2.05, 4.69) is 0 Å². The van der Waals surface area contributed by atoms with Crippen LogP contribution < -0.4 is 10.6 Å². The van der Waals surface area contributed by atoms with Crippen molar-refractivity contribution in [3.8, 4) is 0 Å². The van der Waals surface area contributed by atoms with E-state index in [0.717, 1.165) is 4.90 Å². The predicted octanol–water partition coefficient (Wildman–Crippen LogP) is 0.709. The standard InChI is InChI=1S/C13H14N2O4S/c14-4-5-20-10-7-11(16)15(12(10)17)9-3-1-2-8(6-9)13(18)19/h1-3,6,10H,4-5,7,14H2,(H,18,19). The number of amides is 2. The van der Waals surface area contributed by atoms with Gasteiger partial charge in [-0.15, -0.1) is 11.8 Å². The largest absolute Gasteiger partial charge is 0.478 e. The highest BCUT2D eigenvalue weighted by molar-refractivity contribution is 8.00. The van der Waals surface area contributed by atoms with Gasteiger partial charge in [0.1, 0.15) is 0 Å². The number of aromatic carboxylic acids is 1. The number of anilines is 1. The van der Waals surface area contributed by atoms with E-state index >= 15 is 0 Å². The van der Waals surface area contributed by atoms with Gasteiger partial charge in [-0.3, -0.25) is 9.59 Å². The van der Waals surface area contributed by atoms with Crippen molar-refractivity contribution < 1.29 is 19.5 Å². The highest BCUT2D eigenvalue weighted by atomic mass is 32.2. The van der Waals surface area contributed by atoms with Gasteiger partial charge in [0.05, 0.1) is 16.5 Å². The van der Waals surface area contributed by atoms with Gasteiger partial charge in [-0.1, -0.05) is 6.07 Å². The molecule has 20 heavy (non-hydrogen) atoms. The smallest absolute Gasteiger partial charge is 0.335 e. The predicted molar refractivity (Wildman–Crippen MR) is 75.8 cm³/mol. The molecule has 1 aliphatic heterocycles. The minimum absolute atomic E-state index is 0.0427. The zero-order valence-electron chi connectivity index (χ0n) is 10.6. The molecule has 1 saturated heterocycles. The van der Waals surface area contributed by atoms with Crippen LogP contribution in [0.2, 0.25) is 0 Å². The first kappa shape index (κ1) is 14.5. The number of rotatable bonds is 5. The summed E-state index contributed by atoms with van der Waals surface area (Å²) in [5.41, 5.74) is 5.73. The SMILES string of the molecule is NCCSC1CC(=O)N(c2cccc(C(=O)O)c2)C1=O. The minimum atomic E-state index is -1.10. The van der Waals surface area contributed by atoms with E-state index in [1.165, 1.54) is 30.0 Å². The van der Waals surface area contributed by atoms with Crippen LogP contribution in [0.25, 0.3) is 0 Å². The quantitative estimate of drug-likeness (QED) is 0.776. The normalized spacial score (nSPS) is 18.6. The summed E-state index contributed by atoms with van der Waals surface area (Å²) >= 11 is 1.35. The lowest BCUT2D eigenvalue weighted by Gasteiger charge is -2.15. The molecule has 1 aromatic carbocycles. The average Bonchev–Trinajstić information content (AvgIpc) is 2.71. The third-order valence-corrected chi connectivity index (χ3v) is 4.14. The van der Waals surface area contributed by atoms with E-state index in [1.54, 1.807) is 6.07 Å². The van der Waals surface area contributed by atoms with E-state index < -0.39 is 11.2 Å². The Labute approximate surface area is 119 Å². The molecule has 1 fully saturated rings. The lowest BCUT2D eigenvalue weighted by molar-refractivity contribution is -0.121. The van der Waals surface area contributed by atoms with Crippen molar-refractivity contribution >= 4 is 35.2 Å². The summed E-state index contributed by atoms with van der Waals surface area (Å²) in [6.45, 7) is 0.442. The van der Waals surface area contributed by atoms with Gasteiger partial charge in [0.15, 0.2) is 0 Å². The van der Waals surface area contributed by atoms with Gasteiger partial charge in [-0.2, -0.15) is 0 Å². The van der Waals surface area contributed by atoms with Crippen molar-refractivity contribution in [1.82, 2.24) is 0 Å². The van der Waals surface area contributed by atoms with Gasteiger partial charge < -0.3 is 10.8 Å². The molecular formula is C13H14N2O4S. The van der Waals surface area contributed by atoms with Crippen molar-refractivity contribution in [2.75, 3.05) is 17.2 Å². The number of carboxylic acids is 1. The molecule has 106 valence electrons. The summed E-state index contributed by atoms with van der Waals surface area (Å²) in [5.74, 6) is -1.12. The third-order valence-electron chi connectivity index (χ3n) is 2.89. The van der Waals surface area contributed by atoms with Crippen molar-refractivity contribution in [3.05, 3.63) is 29.8 Å². The molecule has 1 heterocycles. The Kier molecular flexibility index (Phi) is 4.41. The molecule has 1 aliphatic rings. The maximum absolute atomic E-state index is 12.2. The highest BCUT2D eigenvalue weighted by Crippen LogP contribution is 2.29. The molecule has 1 unspecified atom stereocenters. The van der Waals surface area contributed by atoms with Crippen LogP contribution in [-0.2, 0) is 9.59 Å². The molecule has 3 N–H and O–H groups in total. The fourth-order valence-electron chi connectivity index (χ4n) is 1.99. The Hall–Kier alpha value is -1.86. The molecule has 0 bridgehead atoms. The summed E-state index contributed by atoms with van der Waals surface area (Å²) in [5, 5.41) is 8.51.